The van der Waals surface area contributed by atoms with Gasteiger partial charge in [0.2, 0.25) is 0 Å². The number of benzene rings is 1. The van der Waals surface area contributed by atoms with Gasteiger partial charge < -0.3 is 0 Å². The number of imidazole rings is 1. The molecule has 0 fully saturated rings. The van der Waals surface area contributed by atoms with Crippen molar-refractivity contribution < 1.29 is 0 Å². The van der Waals surface area contributed by atoms with Crippen LogP contribution in [-0.4, -0.2) is 14.5 Å². The highest BCUT2D eigenvalue weighted by atomic mass is 15.1. The van der Waals surface area contributed by atoms with E-state index in [1.807, 2.05) is 30.5 Å². The molecule has 0 spiro atoms. The fourth-order valence-electron chi connectivity index (χ4n) is 2.26. The first-order valence-corrected chi connectivity index (χ1v) is 6.19. The number of fused-ring (bicyclic) bond motifs is 1. The molecule has 2 aromatic heterocycles. The summed E-state index contributed by atoms with van der Waals surface area (Å²) in [6, 6.07) is 12.2. The minimum Gasteiger partial charge on any atom is -0.280 e. The summed E-state index contributed by atoms with van der Waals surface area (Å²) in [5, 5.41) is 0. The topological polar surface area (TPSA) is 30.7 Å². The fraction of sp³-hybridized carbons (Fsp3) is 0.200. The second-order valence-electron chi connectivity index (χ2n) is 4.35. The third kappa shape index (κ3) is 1.59. The molecule has 0 N–H and O–H groups in total. The maximum Gasteiger partial charge on any atom is 0.141 e. The molecule has 0 bridgehead atoms. The van der Waals surface area contributed by atoms with Gasteiger partial charge in [-0.3, -0.25) is 4.57 Å². The van der Waals surface area contributed by atoms with E-state index in [2.05, 4.69) is 40.5 Å². The van der Waals surface area contributed by atoms with E-state index in [1.54, 1.807) is 0 Å². The number of pyridine rings is 1. The third-order valence-electron chi connectivity index (χ3n) is 3.14. The first-order chi connectivity index (χ1) is 8.81. The molecule has 0 amide bonds. The van der Waals surface area contributed by atoms with Gasteiger partial charge in [0.1, 0.15) is 11.6 Å². The fourth-order valence-corrected chi connectivity index (χ4v) is 2.26. The van der Waals surface area contributed by atoms with Gasteiger partial charge >= 0.3 is 0 Å². The smallest absolute Gasteiger partial charge is 0.141 e. The highest BCUT2D eigenvalue weighted by Crippen LogP contribution is 2.22. The van der Waals surface area contributed by atoms with Crippen LogP contribution < -0.4 is 0 Å². The zero-order chi connectivity index (χ0) is 12.5. The first kappa shape index (κ1) is 11.0. The molecule has 0 saturated carbocycles. The van der Waals surface area contributed by atoms with Crippen LogP contribution in [0.2, 0.25) is 0 Å². The molecule has 0 aliphatic carbocycles. The standard InChI is InChI=1S/C15H15N3/c1-3-14-17-12-8-4-5-9-13(12)18(14)15-11(2)7-6-10-16-15/h4-10H,3H2,1-2H3. The van der Waals surface area contributed by atoms with Crippen molar-refractivity contribution in [1.82, 2.24) is 14.5 Å². The maximum absolute atomic E-state index is 4.67. The average molecular weight is 237 g/mol. The van der Waals surface area contributed by atoms with E-state index in [4.69, 9.17) is 0 Å². The van der Waals surface area contributed by atoms with E-state index in [1.165, 1.54) is 0 Å². The molecule has 3 heteroatoms. The van der Waals surface area contributed by atoms with Crippen LogP contribution in [0.25, 0.3) is 16.9 Å². The Morgan fingerprint density at radius 3 is 2.72 bits per heavy atom. The highest BCUT2D eigenvalue weighted by Gasteiger charge is 2.12. The minimum absolute atomic E-state index is 0.894. The molecule has 0 radical (unpaired) electrons. The zero-order valence-electron chi connectivity index (χ0n) is 10.6. The lowest BCUT2D eigenvalue weighted by molar-refractivity contribution is 0.878. The summed E-state index contributed by atoms with van der Waals surface area (Å²) in [6.07, 6.45) is 2.72. The predicted octanol–water partition coefficient (Wildman–Crippen LogP) is 3.29. The van der Waals surface area contributed by atoms with E-state index in [-0.39, 0.29) is 0 Å². The molecule has 3 aromatic rings. The zero-order valence-corrected chi connectivity index (χ0v) is 10.6. The Hall–Kier alpha value is -2.16. The Kier molecular flexibility index (Phi) is 2.59. The molecular weight excluding hydrogens is 222 g/mol. The van der Waals surface area contributed by atoms with Gasteiger partial charge in [0.15, 0.2) is 0 Å². The molecule has 0 unspecified atom stereocenters. The Morgan fingerprint density at radius 1 is 1.11 bits per heavy atom. The van der Waals surface area contributed by atoms with Crippen LogP contribution in [0, 0.1) is 6.92 Å². The summed E-state index contributed by atoms with van der Waals surface area (Å²) in [6.45, 7) is 4.20. The van der Waals surface area contributed by atoms with Gasteiger partial charge in [-0.05, 0) is 30.7 Å². The van der Waals surface area contributed by atoms with Crippen LogP contribution in [-0.2, 0) is 6.42 Å². The van der Waals surface area contributed by atoms with Crippen molar-refractivity contribution in [3.8, 4) is 5.82 Å². The first-order valence-electron chi connectivity index (χ1n) is 6.19. The van der Waals surface area contributed by atoms with Gasteiger partial charge in [0, 0.05) is 12.6 Å². The molecule has 1 aromatic carbocycles. The molecule has 0 aliphatic heterocycles. The lowest BCUT2D eigenvalue weighted by atomic mass is 10.2. The van der Waals surface area contributed by atoms with Crippen molar-refractivity contribution in [2.75, 3.05) is 0 Å². The Morgan fingerprint density at radius 2 is 1.94 bits per heavy atom. The number of aromatic nitrogens is 3. The molecule has 3 nitrogen and oxygen atoms in total. The monoisotopic (exact) mass is 237 g/mol. The van der Waals surface area contributed by atoms with Crippen LogP contribution in [0.15, 0.2) is 42.6 Å². The van der Waals surface area contributed by atoms with Crippen molar-refractivity contribution >= 4 is 11.0 Å². The van der Waals surface area contributed by atoms with Crippen LogP contribution >= 0.6 is 0 Å². The van der Waals surface area contributed by atoms with Crippen LogP contribution in [0.5, 0.6) is 0 Å². The molecule has 18 heavy (non-hydrogen) atoms. The second-order valence-corrected chi connectivity index (χ2v) is 4.35. The summed E-state index contributed by atoms with van der Waals surface area (Å²) in [5.41, 5.74) is 3.31. The van der Waals surface area contributed by atoms with Gasteiger partial charge in [-0.25, -0.2) is 9.97 Å². The lowest BCUT2D eigenvalue weighted by Gasteiger charge is -2.09. The van der Waals surface area contributed by atoms with Gasteiger partial charge in [-0.15, -0.1) is 0 Å². The van der Waals surface area contributed by atoms with E-state index >= 15 is 0 Å². The summed E-state index contributed by atoms with van der Waals surface area (Å²) < 4.78 is 2.16. The highest BCUT2D eigenvalue weighted by molar-refractivity contribution is 5.78. The summed E-state index contributed by atoms with van der Waals surface area (Å²) >= 11 is 0. The second kappa shape index (κ2) is 4.26. The van der Waals surface area contributed by atoms with E-state index < -0.39 is 0 Å². The van der Waals surface area contributed by atoms with Crippen molar-refractivity contribution in [2.45, 2.75) is 20.3 Å². The van der Waals surface area contributed by atoms with Crippen molar-refractivity contribution in [3.63, 3.8) is 0 Å². The SMILES string of the molecule is CCc1nc2ccccc2n1-c1ncccc1C. The largest absolute Gasteiger partial charge is 0.280 e. The van der Waals surface area contributed by atoms with Crippen molar-refractivity contribution in [3.05, 3.63) is 54.0 Å². The van der Waals surface area contributed by atoms with Crippen LogP contribution in [0.3, 0.4) is 0 Å². The molecular formula is C15H15N3. The van der Waals surface area contributed by atoms with E-state index in [0.29, 0.717) is 0 Å². The Bertz CT molecular complexity index is 698. The number of hydrogen-bond acceptors (Lipinski definition) is 2. The summed E-state index contributed by atoms with van der Waals surface area (Å²) in [4.78, 5) is 9.17. The number of para-hydroxylation sites is 2. The number of nitrogens with zero attached hydrogens (tertiary/aromatic N) is 3. The van der Waals surface area contributed by atoms with Gasteiger partial charge in [0.25, 0.3) is 0 Å². The molecule has 90 valence electrons. The average Bonchev–Trinajstić information content (AvgIpc) is 2.78. The molecule has 0 aliphatic rings. The van der Waals surface area contributed by atoms with Gasteiger partial charge in [0.05, 0.1) is 11.0 Å². The Labute approximate surface area is 106 Å². The number of rotatable bonds is 2. The normalized spacial score (nSPS) is 11.0. The van der Waals surface area contributed by atoms with E-state index in [0.717, 1.165) is 34.7 Å². The quantitative estimate of drug-likeness (QED) is 0.684. The molecule has 2 heterocycles. The summed E-state index contributed by atoms with van der Waals surface area (Å²) in [7, 11) is 0. The predicted molar refractivity (Wildman–Crippen MR) is 73.0 cm³/mol. The Balaban J connectivity index is 2.37. The molecule has 0 saturated heterocycles. The van der Waals surface area contributed by atoms with Crippen molar-refractivity contribution in [2.24, 2.45) is 0 Å². The summed E-state index contributed by atoms with van der Waals surface area (Å²) in [5.74, 6) is 2.03. The van der Waals surface area contributed by atoms with E-state index in [9.17, 15) is 0 Å². The van der Waals surface area contributed by atoms with Crippen LogP contribution in [0.1, 0.15) is 18.3 Å². The lowest BCUT2D eigenvalue weighted by Crippen LogP contribution is -2.04. The van der Waals surface area contributed by atoms with Gasteiger partial charge in [-0.2, -0.15) is 0 Å². The number of hydrogen-bond donors (Lipinski definition) is 0. The van der Waals surface area contributed by atoms with Crippen LogP contribution in [0.4, 0.5) is 0 Å². The van der Waals surface area contributed by atoms with Crippen molar-refractivity contribution in [1.29, 1.82) is 0 Å². The number of aryl methyl sites for hydroxylation is 2. The minimum atomic E-state index is 0.894. The third-order valence-corrected chi connectivity index (χ3v) is 3.14. The molecule has 3 rings (SSSR count). The molecule has 0 atom stereocenters. The van der Waals surface area contributed by atoms with Gasteiger partial charge in [-0.1, -0.05) is 25.1 Å². The maximum atomic E-state index is 4.67.